The van der Waals surface area contributed by atoms with Crippen molar-refractivity contribution in [3.63, 3.8) is 0 Å². The lowest BCUT2D eigenvalue weighted by molar-refractivity contribution is -0.125. The van der Waals surface area contributed by atoms with Gasteiger partial charge >= 0.3 is 6.03 Å². The number of amides is 4. The highest BCUT2D eigenvalue weighted by atomic mass is 16.2. The molecule has 124 valence electrons. The number of aromatic amines is 1. The zero-order valence-electron chi connectivity index (χ0n) is 13.3. The molecule has 8 nitrogen and oxygen atoms in total. The minimum atomic E-state index is -0.417. The number of H-pyrrole nitrogens is 1. The Kier molecular flexibility index (Phi) is 4.03. The van der Waals surface area contributed by atoms with Crippen LogP contribution in [-0.2, 0) is 11.3 Å². The van der Waals surface area contributed by atoms with Crippen LogP contribution in [0.15, 0.2) is 24.3 Å². The molecule has 3 N–H and O–H groups in total. The largest absolute Gasteiger partial charge is 0.329 e. The van der Waals surface area contributed by atoms with Gasteiger partial charge < -0.3 is 10.6 Å². The van der Waals surface area contributed by atoms with Gasteiger partial charge in [-0.15, -0.1) is 0 Å². The van der Waals surface area contributed by atoms with Crippen LogP contribution in [0.3, 0.4) is 0 Å². The third kappa shape index (κ3) is 2.98. The normalized spacial score (nSPS) is 14.0. The highest BCUT2D eigenvalue weighted by Crippen LogP contribution is 2.18. The molecule has 0 aliphatic carbocycles. The van der Waals surface area contributed by atoms with E-state index in [1.165, 1.54) is 0 Å². The number of benzene rings is 1. The molecule has 1 fully saturated rings. The first-order valence-electron chi connectivity index (χ1n) is 7.46. The second-order valence-corrected chi connectivity index (χ2v) is 5.60. The van der Waals surface area contributed by atoms with Crippen molar-refractivity contribution in [1.82, 2.24) is 20.4 Å². The van der Waals surface area contributed by atoms with Crippen molar-refractivity contribution in [2.75, 3.05) is 11.9 Å². The Hall–Kier alpha value is -3.16. The number of urea groups is 1. The lowest BCUT2D eigenvalue weighted by atomic mass is 10.1. The van der Waals surface area contributed by atoms with Gasteiger partial charge in [0, 0.05) is 5.56 Å². The zero-order chi connectivity index (χ0) is 17.3. The second-order valence-electron chi connectivity index (χ2n) is 5.60. The van der Waals surface area contributed by atoms with Crippen molar-refractivity contribution in [2.45, 2.75) is 20.4 Å². The van der Waals surface area contributed by atoms with Gasteiger partial charge in [-0.3, -0.25) is 19.6 Å². The standard InChI is InChI=1S/C16H17N5O3/c1-9-14(10(2)20-19-9)18-15(23)12-5-3-4-11(6-12)8-21-13(22)7-17-16(21)24/h3-6H,7-8H2,1-2H3,(H,17,24)(H,18,23)(H,19,20). The lowest BCUT2D eigenvalue weighted by Crippen LogP contribution is -2.30. The van der Waals surface area contributed by atoms with Crippen LogP contribution in [0.4, 0.5) is 10.5 Å². The molecule has 4 amide bonds. The number of imide groups is 1. The fourth-order valence-electron chi connectivity index (χ4n) is 2.53. The van der Waals surface area contributed by atoms with Gasteiger partial charge in [-0.05, 0) is 31.5 Å². The van der Waals surface area contributed by atoms with Crippen LogP contribution in [0.1, 0.15) is 27.3 Å². The minimum Gasteiger partial charge on any atom is -0.329 e. The Morgan fingerprint density at radius 2 is 2.12 bits per heavy atom. The topological polar surface area (TPSA) is 107 Å². The van der Waals surface area contributed by atoms with Gasteiger partial charge in [0.25, 0.3) is 5.91 Å². The maximum atomic E-state index is 12.4. The van der Waals surface area contributed by atoms with Crippen LogP contribution in [0.2, 0.25) is 0 Å². The van der Waals surface area contributed by atoms with Crippen LogP contribution in [0.5, 0.6) is 0 Å². The van der Waals surface area contributed by atoms with Gasteiger partial charge in [-0.2, -0.15) is 5.10 Å². The van der Waals surface area contributed by atoms with Crippen LogP contribution >= 0.6 is 0 Å². The van der Waals surface area contributed by atoms with E-state index in [1.54, 1.807) is 31.2 Å². The monoisotopic (exact) mass is 327 g/mol. The molecule has 8 heteroatoms. The minimum absolute atomic E-state index is 0.0120. The number of carbonyl (C=O) groups is 3. The van der Waals surface area contributed by atoms with Crippen molar-refractivity contribution >= 4 is 23.5 Å². The smallest absolute Gasteiger partial charge is 0.324 e. The molecule has 1 aliphatic heterocycles. The van der Waals surface area contributed by atoms with E-state index in [-0.39, 0.29) is 24.9 Å². The number of rotatable bonds is 4. The Balaban J connectivity index is 1.76. The van der Waals surface area contributed by atoms with Crippen LogP contribution in [0.25, 0.3) is 0 Å². The van der Waals surface area contributed by atoms with Gasteiger partial charge in [-0.1, -0.05) is 12.1 Å². The molecule has 1 saturated heterocycles. The third-order valence-corrected chi connectivity index (χ3v) is 3.83. The molecule has 0 radical (unpaired) electrons. The predicted molar refractivity (Wildman–Crippen MR) is 86.4 cm³/mol. The summed E-state index contributed by atoms with van der Waals surface area (Å²) in [6.45, 7) is 3.77. The van der Waals surface area contributed by atoms with E-state index in [0.29, 0.717) is 22.5 Å². The molecular weight excluding hydrogens is 310 g/mol. The summed E-state index contributed by atoms with van der Waals surface area (Å²) in [5.41, 5.74) is 3.28. The van der Waals surface area contributed by atoms with E-state index in [2.05, 4.69) is 20.8 Å². The summed E-state index contributed by atoms with van der Waals surface area (Å²) in [4.78, 5) is 36.8. The maximum absolute atomic E-state index is 12.4. The van der Waals surface area contributed by atoms with Crippen molar-refractivity contribution in [1.29, 1.82) is 0 Å². The first kappa shape index (κ1) is 15.7. The Bertz CT molecular complexity index is 791. The highest BCUT2D eigenvalue weighted by Gasteiger charge is 2.28. The summed E-state index contributed by atoms with van der Waals surface area (Å²) >= 11 is 0. The molecule has 0 atom stereocenters. The number of aryl methyl sites for hydroxylation is 2. The first-order chi connectivity index (χ1) is 11.5. The fourth-order valence-corrected chi connectivity index (χ4v) is 2.53. The van der Waals surface area contributed by atoms with Crippen LogP contribution < -0.4 is 10.6 Å². The Morgan fingerprint density at radius 3 is 2.75 bits per heavy atom. The van der Waals surface area contributed by atoms with Crippen molar-refractivity contribution in [3.05, 3.63) is 46.8 Å². The van der Waals surface area contributed by atoms with Gasteiger partial charge in [0.05, 0.1) is 30.2 Å². The summed E-state index contributed by atoms with van der Waals surface area (Å²) in [6.07, 6.45) is 0. The van der Waals surface area contributed by atoms with Gasteiger partial charge in [0.1, 0.15) is 0 Å². The van der Waals surface area contributed by atoms with Crippen molar-refractivity contribution in [2.24, 2.45) is 0 Å². The summed E-state index contributed by atoms with van der Waals surface area (Å²) < 4.78 is 0. The average Bonchev–Trinajstić information content (AvgIpc) is 3.05. The number of anilines is 1. The van der Waals surface area contributed by atoms with E-state index < -0.39 is 6.03 Å². The van der Waals surface area contributed by atoms with Gasteiger partial charge in [0.15, 0.2) is 0 Å². The van der Waals surface area contributed by atoms with E-state index >= 15 is 0 Å². The maximum Gasteiger partial charge on any atom is 0.324 e. The number of hydrogen-bond donors (Lipinski definition) is 3. The molecular formula is C16H17N5O3. The first-order valence-corrected chi connectivity index (χ1v) is 7.46. The number of nitrogens with one attached hydrogen (secondary N) is 3. The highest BCUT2D eigenvalue weighted by molar-refractivity contribution is 6.05. The van der Waals surface area contributed by atoms with Crippen molar-refractivity contribution in [3.8, 4) is 0 Å². The number of aromatic nitrogens is 2. The van der Waals surface area contributed by atoms with E-state index in [4.69, 9.17) is 0 Å². The predicted octanol–water partition coefficient (Wildman–Crippen LogP) is 1.33. The van der Waals surface area contributed by atoms with E-state index in [9.17, 15) is 14.4 Å². The summed E-state index contributed by atoms with van der Waals surface area (Å²) in [5.74, 6) is -0.554. The average molecular weight is 327 g/mol. The molecule has 1 aromatic carbocycles. The molecule has 0 saturated carbocycles. The molecule has 1 aromatic heterocycles. The fraction of sp³-hybridized carbons (Fsp3) is 0.250. The van der Waals surface area contributed by atoms with E-state index in [1.807, 2.05) is 6.92 Å². The summed E-state index contributed by atoms with van der Waals surface area (Å²) in [5, 5.41) is 12.1. The molecule has 3 rings (SSSR count). The zero-order valence-corrected chi connectivity index (χ0v) is 13.3. The molecule has 2 aromatic rings. The molecule has 0 bridgehead atoms. The summed E-state index contributed by atoms with van der Waals surface area (Å²) in [7, 11) is 0. The number of hydrogen-bond acceptors (Lipinski definition) is 4. The third-order valence-electron chi connectivity index (χ3n) is 3.83. The van der Waals surface area contributed by atoms with Crippen molar-refractivity contribution < 1.29 is 14.4 Å². The molecule has 24 heavy (non-hydrogen) atoms. The van der Waals surface area contributed by atoms with Gasteiger partial charge in [-0.25, -0.2) is 4.79 Å². The van der Waals surface area contributed by atoms with Crippen LogP contribution in [0, 0.1) is 13.8 Å². The van der Waals surface area contributed by atoms with Gasteiger partial charge in [0.2, 0.25) is 5.91 Å². The quantitative estimate of drug-likeness (QED) is 0.736. The summed E-state index contributed by atoms with van der Waals surface area (Å²) in [6, 6.07) is 6.41. The molecule has 0 spiro atoms. The van der Waals surface area contributed by atoms with E-state index in [0.717, 1.165) is 10.6 Å². The second kappa shape index (κ2) is 6.15. The van der Waals surface area contributed by atoms with Crippen LogP contribution in [-0.4, -0.2) is 39.5 Å². The Morgan fingerprint density at radius 1 is 1.33 bits per heavy atom. The molecule has 0 unspecified atom stereocenters. The SMILES string of the molecule is Cc1n[nH]c(C)c1NC(=O)c1cccc(CN2C(=O)CNC2=O)c1. The molecule has 2 heterocycles. The molecule has 1 aliphatic rings. The lowest BCUT2D eigenvalue weighted by Gasteiger charge is -2.13. The Labute approximate surface area is 138 Å². The number of nitrogens with zero attached hydrogens (tertiary/aromatic N) is 2. The number of carbonyl (C=O) groups excluding carboxylic acids is 3.